The number of carbonyl (C=O) groups is 3. The van der Waals surface area contributed by atoms with E-state index in [9.17, 15) is 14.4 Å². The second-order valence-corrected chi connectivity index (χ2v) is 5.77. The second kappa shape index (κ2) is 9.83. The van der Waals surface area contributed by atoms with E-state index in [1.807, 2.05) is 24.3 Å². The van der Waals surface area contributed by atoms with Crippen molar-refractivity contribution in [2.75, 3.05) is 20.1 Å². The second-order valence-electron chi connectivity index (χ2n) is 4.92. The van der Waals surface area contributed by atoms with Crippen molar-refractivity contribution in [1.29, 1.82) is 0 Å². The van der Waals surface area contributed by atoms with Crippen LogP contribution in [0.4, 0.5) is 4.79 Å². The van der Waals surface area contributed by atoms with Gasteiger partial charge in [-0.05, 0) is 11.6 Å². The third-order valence-corrected chi connectivity index (χ3v) is 3.81. The molecule has 0 aliphatic rings. The summed E-state index contributed by atoms with van der Waals surface area (Å²) in [5, 5.41) is 13.4. The van der Waals surface area contributed by atoms with Crippen molar-refractivity contribution in [2.45, 2.75) is 19.4 Å². The number of hydrogen-bond donors (Lipinski definition) is 3. The maximum absolute atomic E-state index is 12.0. The van der Waals surface area contributed by atoms with E-state index in [1.54, 1.807) is 11.9 Å². The van der Waals surface area contributed by atoms with Gasteiger partial charge in [0.05, 0.1) is 6.42 Å². The SMILES string of the molecule is CN(Cc1ccccc1Br)C(=O)CCNC(=O)NCCC(=O)O. The van der Waals surface area contributed by atoms with Crippen LogP contribution in [-0.4, -0.2) is 48.1 Å². The van der Waals surface area contributed by atoms with Gasteiger partial charge in [-0.15, -0.1) is 0 Å². The number of urea groups is 1. The van der Waals surface area contributed by atoms with Crippen LogP contribution in [0.25, 0.3) is 0 Å². The number of carboxylic acids is 1. The smallest absolute Gasteiger partial charge is 0.314 e. The molecule has 0 saturated heterocycles. The first-order chi connectivity index (χ1) is 10.9. The molecule has 8 heteroatoms. The van der Waals surface area contributed by atoms with E-state index >= 15 is 0 Å². The Morgan fingerprint density at radius 2 is 1.74 bits per heavy atom. The summed E-state index contributed by atoms with van der Waals surface area (Å²) in [7, 11) is 1.70. The highest BCUT2D eigenvalue weighted by Crippen LogP contribution is 2.17. The molecule has 126 valence electrons. The van der Waals surface area contributed by atoms with Crippen LogP contribution < -0.4 is 10.6 Å². The van der Waals surface area contributed by atoms with E-state index < -0.39 is 12.0 Å². The molecule has 1 rings (SSSR count). The maximum atomic E-state index is 12.0. The van der Waals surface area contributed by atoms with Crippen LogP contribution in [0.15, 0.2) is 28.7 Å². The van der Waals surface area contributed by atoms with Gasteiger partial charge in [0, 0.05) is 37.6 Å². The van der Waals surface area contributed by atoms with Gasteiger partial charge in [-0.3, -0.25) is 9.59 Å². The molecule has 0 atom stereocenters. The predicted octanol–water partition coefficient (Wildman–Crippen LogP) is 1.57. The van der Waals surface area contributed by atoms with E-state index in [2.05, 4.69) is 26.6 Å². The summed E-state index contributed by atoms with van der Waals surface area (Å²) in [6.45, 7) is 0.722. The number of nitrogens with one attached hydrogen (secondary N) is 2. The lowest BCUT2D eigenvalue weighted by molar-refractivity contribution is -0.136. The zero-order valence-corrected chi connectivity index (χ0v) is 14.4. The number of hydrogen-bond acceptors (Lipinski definition) is 3. The molecule has 7 nitrogen and oxygen atoms in total. The highest BCUT2D eigenvalue weighted by molar-refractivity contribution is 9.10. The van der Waals surface area contributed by atoms with Gasteiger partial charge in [-0.2, -0.15) is 0 Å². The average molecular weight is 386 g/mol. The summed E-state index contributed by atoms with van der Waals surface area (Å²) in [6, 6.07) is 7.18. The number of amides is 3. The molecule has 0 radical (unpaired) electrons. The fourth-order valence-corrected chi connectivity index (χ4v) is 2.20. The molecule has 0 saturated carbocycles. The van der Waals surface area contributed by atoms with Crippen molar-refractivity contribution in [3.63, 3.8) is 0 Å². The Balaban J connectivity index is 2.26. The third kappa shape index (κ3) is 7.64. The van der Waals surface area contributed by atoms with Gasteiger partial charge in [0.1, 0.15) is 0 Å². The molecule has 0 aliphatic carbocycles. The van der Waals surface area contributed by atoms with E-state index in [0.717, 1.165) is 10.0 Å². The first-order valence-corrected chi connectivity index (χ1v) is 7.90. The first-order valence-electron chi connectivity index (χ1n) is 7.11. The number of carboxylic acid groups (broad SMARTS) is 1. The van der Waals surface area contributed by atoms with Gasteiger partial charge >= 0.3 is 12.0 Å². The molecular weight excluding hydrogens is 366 g/mol. The molecule has 0 spiro atoms. The predicted molar refractivity (Wildman–Crippen MR) is 88.9 cm³/mol. The standard InChI is InChI=1S/C15H20BrN3O4/c1-19(10-11-4-2-3-5-12(11)16)13(20)6-8-17-15(23)18-9-7-14(21)22/h2-5H,6-10H2,1H3,(H,21,22)(H2,17,18,23). The summed E-state index contributed by atoms with van der Waals surface area (Å²) >= 11 is 3.43. The number of carbonyl (C=O) groups excluding carboxylic acids is 2. The molecule has 1 aromatic rings. The minimum Gasteiger partial charge on any atom is -0.481 e. The monoisotopic (exact) mass is 385 g/mol. The lowest BCUT2D eigenvalue weighted by Crippen LogP contribution is -2.38. The molecule has 0 heterocycles. The lowest BCUT2D eigenvalue weighted by Gasteiger charge is -2.18. The Morgan fingerprint density at radius 1 is 1.13 bits per heavy atom. The lowest BCUT2D eigenvalue weighted by atomic mass is 10.2. The van der Waals surface area contributed by atoms with Crippen LogP contribution in [0.2, 0.25) is 0 Å². The molecule has 1 aromatic carbocycles. The van der Waals surface area contributed by atoms with Crippen molar-refractivity contribution >= 4 is 33.8 Å². The zero-order chi connectivity index (χ0) is 17.2. The molecule has 0 aromatic heterocycles. The molecule has 3 amide bonds. The van der Waals surface area contributed by atoms with E-state index in [4.69, 9.17) is 5.11 Å². The van der Waals surface area contributed by atoms with Crippen molar-refractivity contribution in [3.05, 3.63) is 34.3 Å². The first kappa shape index (κ1) is 19.0. The summed E-state index contributed by atoms with van der Waals surface area (Å²) in [4.78, 5) is 35.3. The van der Waals surface area contributed by atoms with Crippen LogP contribution in [0, 0.1) is 0 Å². The quantitative estimate of drug-likeness (QED) is 0.632. The normalized spacial score (nSPS) is 10.0. The highest BCUT2D eigenvalue weighted by Gasteiger charge is 2.11. The summed E-state index contributed by atoms with van der Waals surface area (Å²) in [5.74, 6) is -1.07. The van der Waals surface area contributed by atoms with Gasteiger partial charge in [-0.1, -0.05) is 34.1 Å². The average Bonchev–Trinajstić information content (AvgIpc) is 2.49. The van der Waals surface area contributed by atoms with Gasteiger partial charge in [0.25, 0.3) is 0 Å². The van der Waals surface area contributed by atoms with E-state index in [0.29, 0.717) is 6.54 Å². The largest absolute Gasteiger partial charge is 0.481 e. The van der Waals surface area contributed by atoms with E-state index in [1.165, 1.54) is 0 Å². The van der Waals surface area contributed by atoms with Crippen LogP contribution in [-0.2, 0) is 16.1 Å². The molecule has 0 fully saturated rings. The molecule has 0 aliphatic heterocycles. The van der Waals surface area contributed by atoms with E-state index in [-0.39, 0.29) is 31.8 Å². The van der Waals surface area contributed by atoms with Crippen molar-refractivity contribution < 1.29 is 19.5 Å². The van der Waals surface area contributed by atoms with Crippen molar-refractivity contribution in [2.24, 2.45) is 0 Å². The van der Waals surface area contributed by atoms with Crippen LogP contribution in [0.1, 0.15) is 18.4 Å². The number of nitrogens with zero attached hydrogens (tertiary/aromatic N) is 1. The minimum absolute atomic E-state index is 0.0526. The van der Waals surface area contributed by atoms with Crippen molar-refractivity contribution in [1.82, 2.24) is 15.5 Å². The molecule has 0 unspecified atom stereocenters. The van der Waals surface area contributed by atoms with Crippen LogP contribution in [0.3, 0.4) is 0 Å². The fourth-order valence-electron chi connectivity index (χ4n) is 1.79. The molecule has 23 heavy (non-hydrogen) atoms. The zero-order valence-electron chi connectivity index (χ0n) is 12.8. The summed E-state index contributed by atoms with van der Waals surface area (Å²) in [5.41, 5.74) is 1.00. The van der Waals surface area contributed by atoms with Crippen LogP contribution in [0.5, 0.6) is 0 Å². The molecule has 0 bridgehead atoms. The fraction of sp³-hybridized carbons (Fsp3) is 0.400. The Labute approximate surface area is 143 Å². The number of aliphatic carboxylic acids is 1. The maximum Gasteiger partial charge on any atom is 0.314 e. The Bertz CT molecular complexity index is 565. The number of rotatable bonds is 8. The van der Waals surface area contributed by atoms with Gasteiger partial charge in [-0.25, -0.2) is 4.79 Å². The summed E-state index contributed by atoms with van der Waals surface area (Å²) in [6.07, 6.45) is 0.0361. The van der Waals surface area contributed by atoms with Gasteiger partial charge in [0.2, 0.25) is 5.91 Å². The number of benzene rings is 1. The Kier molecular flexibility index (Phi) is 8.10. The third-order valence-electron chi connectivity index (χ3n) is 3.04. The molecular formula is C15H20BrN3O4. The minimum atomic E-state index is -0.978. The molecule has 3 N–H and O–H groups in total. The Hall–Kier alpha value is -2.09. The van der Waals surface area contributed by atoms with Gasteiger partial charge < -0.3 is 20.6 Å². The highest BCUT2D eigenvalue weighted by atomic mass is 79.9. The van der Waals surface area contributed by atoms with Gasteiger partial charge in [0.15, 0.2) is 0 Å². The summed E-state index contributed by atoms with van der Waals surface area (Å²) < 4.78 is 0.940. The Morgan fingerprint density at radius 3 is 2.35 bits per heavy atom. The van der Waals surface area contributed by atoms with Crippen LogP contribution >= 0.6 is 15.9 Å². The van der Waals surface area contributed by atoms with Crippen molar-refractivity contribution in [3.8, 4) is 0 Å². The topological polar surface area (TPSA) is 98.7 Å². The number of halogens is 1.